The molecule has 0 fully saturated rings. The van der Waals surface area contributed by atoms with Crippen molar-refractivity contribution >= 4 is 29.6 Å². The minimum Gasteiger partial charge on any atom is -0.545 e. The van der Waals surface area contributed by atoms with E-state index >= 15 is 0 Å². The Morgan fingerprint density at radius 3 is 2.52 bits per heavy atom. The van der Waals surface area contributed by atoms with Gasteiger partial charge in [0.25, 0.3) is 0 Å². The van der Waals surface area contributed by atoms with E-state index in [1.807, 2.05) is 0 Å². The first-order valence-electron chi connectivity index (χ1n) is 7.56. The van der Waals surface area contributed by atoms with E-state index < -0.39 is 16.9 Å². The van der Waals surface area contributed by atoms with E-state index in [-0.39, 0.29) is 34.2 Å². The van der Waals surface area contributed by atoms with Crippen molar-refractivity contribution in [3.05, 3.63) is 75.0 Å². The number of nitro benzene ring substituents is 1. The van der Waals surface area contributed by atoms with Gasteiger partial charge in [-0.05, 0) is 29.3 Å². The number of nitro groups is 1. The topological polar surface area (TPSA) is 131 Å². The molecule has 0 atom stereocenters. The molecule has 9 nitrogen and oxygen atoms in total. The van der Waals surface area contributed by atoms with E-state index in [4.69, 9.17) is 9.47 Å². The van der Waals surface area contributed by atoms with Gasteiger partial charge in [-0.25, -0.2) is 9.79 Å². The lowest BCUT2D eigenvalue weighted by molar-refractivity contribution is -0.385. The second-order valence-corrected chi connectivity index (χ2v) is 5.39. The fourth-order valence-corrected chi connectivity index (χ4v) is 2.37. The van der Waals surface area contributed by atoms with Gasteiger partial charge >= 0.3 is 11.7 Å². The lowest BCUT2D eigenvalue weighted by Gasteiger charge is -2.03. The Kier molecular flexibility index (Phi) is 4.67. The van der Waals surface area contributed by atoms with Gasteiger partial charge in [0.15, 0.2) is 11.4 Å². The Bertz CT molecular complexity index is 1010. The third kappa shape index (κ3) is 3.66. The quantitative estimate of drug-likeness (QED) is 0.337. The van der Waals surface area contributed by atoms with Gasteiger partial charge in [0.2, 0.25) is 5.90 Å². The van der Waals surface area contributed by atoms with Crippen LogP contribution in [0.5, 0.6) is 5.75 Å². The molecule has 0 saturated carbocycles. The molecule has 1 heterocycles. The minimum atomic E-state index is -1.31. The fourth-order valence-electron chi connectivity index (χ4n) is 2.37. The largest absolute Gasteiger partial charge is 0.545 e. The molecule has 0 bridgehead atoms. The van der Waals surface area contributed by atoms with E-state index in [1.165, 1.54) is 55.7 Å². The lowest BCUT2D eigenvalue weighted by atomic mass is 10.1. The highest BCUT2D eigenvalue weighted by molar-refractivity contribution is 6.13. The summed E-state index contributed by atoms with van der Waals surface area (Å²) in [6.07, 6.45) is 1.41. The van der Waals surface area contributed by atoms with Gasteiger partial charge in [-0.2, -0.15) is 0 Å². The number of aromatic carboxylic acids is 1. The standard InChI is InChI=1S/C18H12N2O7/c1-26-15-7-6-12(9-14(15)20(24)25)16-19-13(18(23)27-16)8-10-2-4-11(5-3-10)17(21)22/h2-9H,1H3,(H,21,22)/p-1/b13-8-. The molecule has 2 aromatic carbocycles. The summed E-state index contributed by atoms with van der Waals surface area (Å²) in [6.45, 7) is 0. The Hall–Kier alpha value is -4.01. The number of methoxy groups -OCH3 is 1. The average Bonchev–Trinajstić information content (AvgIpc) is 3.02. The molecule has 0 amide bonds. The van der Waals surface area contributed by atoms with Gasteiger partial charge < -0.3 is 19.4 Å². The third-order valence-corrected chi connectivity index (χ3v) is 3.69. The second-order valence-electron chi connectivity index (χ2n) is 5.39. The molecule has 27 heavy (non-hydrogen) atoms. The molecule has 2 aromatic rings. The van der Waals surface area contributed by atoms with Crippen LogP contribution < -0.4 is 9.84 Å². The smallest absolute Gasteiger partial charge is 0.363 e. The number of nitrogens with zero attached hydrogens (tertiary/aromatic N) is 2. The molecule has 0 aliphatic carbocycles. The van der Waals surface area contributed by atoms with Gasteiger partial charge in [0.1, 0.15) is 0 Å². The number of hydrogen-bond acceptors (Lipinski definition) is 8. The van der Waals surface area contributed by atoms with Crippen LogP contribution in [-0.2, 0) is 9.53 Å². The third-order valence-electron chi connectivity index (χ3n) is 3.69. The zero-order valence-electron chi connectivity index (χ0n) is 13.9. The van der Waals surface area contributed by atoms with Crippen molar-refractivity contribution in [2.75, 3.05) is 7.11 Å². The number of carboxylic acids is 1. The number of hydrogen-bond donors (Lipinski definition) is 0. The van der Waals surface area contributed by atoms with Crippen LogP contribution in [0.4, 0.5) is 5.69 Å². The maximum atomic E-state index is 12.0. The summed E-state index contributed by atoms with van der Waals surface area (Å²) >= 11 is 0. The van der Waals surface area contributed by atoms with Crippen molar-refractivity contribution in [1.29, 1.82) is 0 Å². The first-order chi connectivity index (χ1) is 12.9. The van der Waals surface area contributed by atoms with Crippen molar-refractivity contribution in [3.8, 4) is 5.75 Å². The molecule has 0 N–H and O–H groups in total. The zero-order valence-corrected chi connectivity index (χ0v) is 13.9. The Labute approximate surface area is 152 Å². The molecule has 0 radical (unpaired) electrons. The average molecular weight is 367 g/mol. The maximum absolute atomic E-state index is 12.0. The van der Waals surface area contributed by atoms with Crippen LogP contribution in [0.25, 0.3) is 6.08 Å². The summed E-state index contributed by atoms with van der Waals surface area (Å²) in [5, 5.41) is 21.9. The van der Waals surface area contributed by atoms with E-state index in [0.29, 0.717) is 5.56 Å². The highest BCUT2D eigenvalue weighted by Crippen LogP contribution is 2.29. The molecule has 1 aliphatic heterocycles. The molecule has 0 aromatic heterocycles. The van der Waals surface area contributed by atoms with Crippen molar-refractivity contribution in [3.63, 3.8) is 0 Å². The van der Waals surface area contributed by atoms with Gasteiger partial charge in [-0.3, -0.25) is 10.1 Å². The Morgan fingerprint density at radius 1 is 1.22 bits per heavy atom. The van der Waals surface area contributed by atoms with Crippen LogP contribution in [-0.4, -0.2) is 29.9 Å². The number of carbonyl (C=O) groups is 2. The normalized spacial score (nSPS) is 14.6. The molecular formula is C18H11N2O7-. The second kappa shape index (κ2) is 7.08. The molecule has 0 unspecified atom stereocenters. The van der Waals surface area contributed by atoms with Crippen molar-refractivity contribution in [1.82, 2.24) is 0 Å². The summed E-state index contributed by atoms with van der Waals surface area (Å²) in [6, 6.07) is 9.69. The summed E-state index contributed by atoms with van der Waals surface area (Å²) in [5.74, 6) is -2.05. The van der Waals surface area contributed by atoms with E-state index in [0.717, 1.165) is 0 Å². The molecule has 0 saturated heterocycles. The van der Waals surface area contributed by atoms with Crippen LogP contribution >= 0.6 is 0 Å². The van der Waals surface area contributed by atoms with Crippen LogP contribution in [0.2, 0.25) is 0 Å². The number of ether oxygens (including phenoxy) is 2. The van der Waals surface area contributed by atoms with E-state index in [1.54, 1.807) is 0 Å². The first-order valence-corrected chi connectivity index (χ1v) is 7.56. The molecule has 136 valence electrons. The van der Waals surface area contributed by atoms with Crippen LogP contribution in [0.15, 0.2) is 53.2 Å². The molecule has 1 aliphatic rings. The monoisotopic (exact) mass is 367 g/mol. The van der Waals surface area contributed by atoms with E-state index in [2.05, 4.69) is 4.99 Å². The summed E-state index contributed by atoms with van der Waals surface area (Å²) < 4.78 is 10.0. The predicted molar refractivity (Wildman–Crippen MR) is 91.0 cm³/mol. The summed E-state index contributed by atoms with van der Waals surface area (Å²) in [7, 11) is 1.31. The lowest BCUT2D eigenvalue weighted by Crippen LogP contribution is -2.21. The number of esters is 1. The maximum Gasteiger partial charge on any atom is 0.363 e. The first kappa shape index (κ1) is 17.8. The van der Waals surface area contributed by atoms with Crippen molar-refractivity contribution < 1.29 is 29.1 Å². The summed E-state index contributed by atoms with van der Waals surface area (Å²) in [4.78, 5) is 37.3. The number of rotatable bonds is 5. The number of carboxylic acid groups (broad SMARTS) is 1. The predicted octanol–water partition coefficient (Wildman–Crippen LogP) is 1.31. The van der Waals surface area contributed by atoms with Crippen LogP contribution in [0, 0.1) is 10.1 Å². The van der Waals surface area contributed by atoms with Gasteiger partial charge in [-0.15, -0.1) is 0 Å². The number of benzene rings is 2. The van der Waals surface area contributed by atoms with Crippen LogP contribution in [0.1, 0.15) is 21.5 Å². The number of carbonyl (C=O) groups excluding carboxylic acids is 2. The van der Waals surface area contributed by atoms with Gasteiger partial charge in [-0.1, -0.05) is 24.3 Å². The molecule has 9 heteroatoms. The SMILES string of the molecule is COc1ccc(C2=N/C(=C\c3ccc(C(=O)[O-])cc3)C(=O)O2)cc1[N+](=O)[O-]. The highest BCUT2D eigenvalue weighted by Gasteiger charge is 2.26. The molecule has 3 rings (SSSR count). The number of aliphatic imine (C=N–C) groups is 1. The Morgan fingerprint density at radius 2 is 1.93 bits per heavy atom. The molecular weight excluding hydrogens is 356 g/mol. The van der Waals surface area contributed by atoms with Crippen molar-refractivity contribution in [2.45, 2.75) is 0 Å². The molecule has 0 spiro atoms. The van der Waals surface area contributed by atoms with Crippen LogP contribution in [0.3, 0.4) is 0 Å². The summed E-state index contributed by atoms with van der Waals surface area (Å²) in [5.41, 5.74) is 0.457. The number of cyclic esters (lactones) is 1. The highest BCUT2D eigenvalue weighted by atomic mass is 16.6. The Balaban J connectivity index is 1.93. The fraction of sp³-hybridized carbons (Fsp3) is 0.0556. The van der Waals surface area contributed by atoms with Gasteiger partial charge in [0, 0.05) is 11.6 Å². The van der Waals surface area contributed by atoms with Crippen molar-refractivity contribution in [2.24, 2.45) is 4.99 Å². The van der Waals surface area contributed by atoms with Gasteiger partial charge in [0.05, 0.1) is 18.0 Å². The minimum absolute atomic E-state index is 0.000816. The van der Waals surface area contributed by atoms with E-state index in [9.17, 15) is 24.8 Å². The zero-order chi connectivity index (χ0) is 19.6.